The van der Waals surface area contributed by atoms with Gasteiger partial charge in [0.1, 0.15) is 0 Å². The van der Waals surface area contributed by atoms with Crippen molar-refractivity contribution in [3.05, 3.63) is 0 Å². The highest BCUT2D eigenvalue weighted by molar-refractivity contribution is 4.82. The van der Waals surface area contributed by atoms with Gasteiger partial charge in [0.2, 0.25) is 0 Å². The summed E-state index contributed by atoms with van der Waals surface area (Å²) >= 11 is 0. The Hall–Kier alpha value is -0.120. The molecule has 0 aliphatic carbocycles. The Balaban J connectivity index is 2.26. The average molecular weight is 230 g/mol. The molecule has 0 radical (unpaired) electrons. The maximum Gasteiger partial charge on any atom is 0.0902 e. The summed E-state index contributed by atoms with van der Waals surface area (Å²) in [5.41, 5.74) is -0.673. The van der Waals surface area contributed by atoms with Crippen LogP contribution in [0.4, 0.5) is 0 Å². The standard InChI is InChI=1S/C13H26O3/c1-11(2)13(14,10-15-3)8-4-6-12-7-5-9-16-12/h11-12,14H,4-10H2,1-3H3. The third-order valence-corrected chi connectivity index (χ3v) is 3.63. The minimum Gasteiger partial charge on any atom is -0.387 e. The van der Waals surface area contributed by atoms with Crippen LogP contribution < -0.4 is 0 Å². The summed E-state index contributed by atoms with van der Waals surface area (Å²) in [7, 11) is 1.65. The summed E-state index contributed by atoms with van der Waals surface area (Å²) in [6.07, 6.45) is 5.69. The molecule has 3 nitrogen and oxygen atoms in total. The third kappa shape index (κ3) is 4.04. The molecule has 1 N–H and O–H groups in total. The van der Waals surface area contributed by atoms with Crippen molar-refractivity contribution in [1.82, 2.24) is 0 Å². The lowest BCUT2D eigenvalue weighted by atomic mass is 9.85. The monoisotopic (exact) mass is 230 g/mol. The van der Waals surface area contributed by atoms with Crippen LogP contribution >= 0.6 is 0 Å². The van der Waals surface area contributed by atoms with E-state index in [-0.39, 0.29) is 5.92 Å². The first-order valence-corrected chi connectivity index (χ1v) is 6.41. The number of rotatable bonds is 7. The van der Waals surface area contributed by atoms with Crippen LogP contribution in [0.3, 0.4) is 0 Å². The lowest BCUT2D eigenvalue weighted by Gasteiger charge is -2.31. The van der Waals surface area contributed by atoms with Gasteiger partial charge < -0.3 is 14.6 Å². The molecule has 1 aliphatic heterocycles. The molecular weight excluding hydrogens is 204 g/mol. The molecule has 1 fully saturated rings. The van der Waals surface area contributed by atoms with E-state index < -0.39 is 5.60 Å². The Morgan fingerprint density at radius 1 is 1.50 bits per heavy atom. The molecule has 0 saturated carbocycles. The lowest BCUT2D eigenvalue weighted by Crippen LogP contribution is -2.39. The van der Waals surface area contributed by atoms with Crippen LogP contribution in [-0.4, -0.2) is 37.1 Å². The number of hydrogen-bond acceptors (Lipinski definition) is 3. The second-order valence-corrected chi connectivity index (χ2v) is 5.22. The highest BCUT2D eigenvalue weighted by Gasteiger charge is 2.30. The number of ether oxygens (including phenoxy) is 2. The molecule has 0 spiro atoms. The predicted octanol–water partition coefficient (Wildman–Crippen LogP) is 2.37. The third-order valence-electron chi connectivity index (χ3n) is 3.63. The second kappa shape index (κ2) is 6.58. The van der Waals surface area contributed by atoms with E-state index in [1.807, 2.05) is 13.8 Å². The van der Waals surface area contributed by atoms with E-state index >= 15 is 0 Å². The van der Waals surface area contributed by atoms with Crippen molar-refractivity contribution in [1.29, 1.82) is 0 Å². The molecule has 0 aromatic heterocycles. The van der Waals surface area contributed by atoms with Gasteiger partial charge in [0, 0.05) is 13.7 Å². The van der Waals surface area contributed by atoms with Crippen molar-refractivity contribution in [3.63, 3.8) is 0 Å². The van der Waals surface area contributed by atoms with Crippen molar-refractivity contribution in [3.8, 4) is 0 Å². The van der Waals surface area contributed by atoms with Gasteiger partial charge in [0.25, 0.3) is 0 Å². The topological polar surface area (TPSA) is 38.7 Å². The highest BCUT2D eigenvalue weighted by atomic mass is 16.5. The molecule has 1 aliphatic rings. The number of methoxy groups -OCH3 is 1. The van der Waals surface area contributed by atoms with E-state index in [1.54, 1.807) is 7.11 Å². The SMILES string of the molecule is COCC(O)(CCCC1CCCO1)C(C)C. The molecule has 0 aromatic rings. The first kappa shape index (κ1) is 13.9. The predicted molar refractivity (Wildman–Crippen MR) is 64.5 cm³/mol. The van der Waals surface area contributed by atoms with Gasteiger partial charge in [-0.3, -0.25) is 0 Å². The summed E-state index contributed by atoms with van der Waals surface area (Å²) in [6.45, 7) is 5.43. The van der Waals surface area contributed by atoms with Gasteiger partial charge in [0.15, 0.2) is 0 Å². The van der Waals surface area contributed by atoms with Crippen molar-refractivity contribution in [2.45, 2.75) is 57.7 Å². The maximum absolute atomic E-state index is 10.4. The Morgan fingerprint density at radius 2 is 2.25 bits per heavy atom. The molecule has 96 valence electrons. The van der Waals surface area contributed by atoms with Crippen LogP contribution in [0.5, 0.6) is 0 Å². The van der Waals surface area contributed by atoms with Crippen molar-refractivity contribution < 1.29 is 14.6 Å². The molecule has 16 heavy (non-hydrogen) atoms. The quantitative estimate of drug-likeness (QED) is 0.729. The van der Waals surface area contributed by atoms with Crippen LogP contribution in [0.15, 0.2) is 0 Å². The Labute approximate surface area is 99.1 Å². The maximum atomic E-state index is 10.4. The number of hydrogen-bond donors (Lipinski definition) is 1. The molecule has 0 aromatic carbocycles. The van der Waals surface area contributed by atoms with E-state index in [2.05, 4.69) is 0 Å². The minimum absolute atomic E-state index is 0.233. The van der Waals surface area contributed by atoms with Gasteiger partial charge in [-0.15, -0.1) is 0 Å². The second-order valence-electron chi connectivity index (χ2n) is 5.22. The van der Waals surface area contributed by atoms with E-state index in [4.69, 9.17) is 9.47 Å². The summed E-state index contributed by atoms with van der Waals surface area (Å²) in [6, 6.07) is 0. The molecule has 1 heterocycles. The van der Waals surface area contributed by atoms with Crippen molar-refractivity contribution >= 4 is 0 Å². The van der Waals surface area contributed by atoms with Gasteiger partial charge >= 0.3 is 0 Å². The molecule has 1 rings (SSSR count). The van der Waals surface area contributed by atoms with Crippen LogP contribution in [-0.2, 0) is 9.47 Å². The summed E-state index contributed by atoms with van der Waals surface area (Å²) in [5.74, 6) is 0.233. The van der Waals surface area contributed by atoms with E-state index in [0.29, 0.717) is 12.7 Å². The zero-order valence-corrected chi connectivity index (χ0v) is 10.9. The fourth-order valence-electron chi connectivity index (χ4n) is 2.29. The largest absolute Gasteiger partial charge is 0.387 e. The highest BCUT2D eigenvalue weighted by Crippen LogP contribution is 2.26. The van der Waals surface area contributed by atoms with Gasteiger partial charge in [0.05, 0.1) is 18.3 Å². The van der Waals surface area contributed by atoms with Crippen LogP contribution in [0.1, 0.15) is 46.0 Å². The van der Waals surface area contributed by atoms with Gasteiger partial charge in [-0.1, -0.05) is 13.8 Å². The van der Waals surface area contributed by atoms with Gasteiger partial charge in [-0.2, -0.15) is 0 Å². The molecule has 2 unspecified atom stereocenters. The molecule has 0 amide bonds. The van der Waals surface area contributed by atoms with E-state index in [9.17, 15) is 5.11 Å². The van der Waals surface area contributed by atoms with Crippen molar-refractivity contribution in [2.24, 2.45) is 5.92 Å². The summed E-state index contributed by atoms with van der Waals surface area (Å²) < 4.78 is 10.7. The Kier molecular flexibility index (Phi) is 5.73. The summed E-state index contributed by atoms with van der Waals surface area (Å²) in [5, 5.41) is 10.4. The lowest BCUT2D eigenvalue weighted by molar-refractivity contribution is -0.0727. The van der Waals surface area contributed by atoms with Gasteiger partial charge in [-0.25, -0.2) is 0 Å². The first-order chi connectivity index (χ1) is 7.58. The number of aliphatic hydroxyl groups is 1. The molecular formula is C13H26O3. The zero-order valence-electron chi connectivity index (χ0n) is 10.9. The van der Waals surface area contributed by atoms with E-state index in [0.717, 1.165) is 25.9 Å². The van der Waals surface area contributed by atoms with Crippen LogP contribution in [0.2, 0.25) is 0 Å². The van der Waals surface area contributed by atoms with Gasteiger partial charge in [-0.05, 0) is 38.0 Å². The molecule has 1 saturated heterocycles. The van der Waals surface area contributed by atoms with Crippen LogP contribution in [0, 0.1) is 5.92 Å². The molecule has 0 bridgehead atoms. The van der Waals surface area contributed by atoms with E-state index in [1.165, 1.54) is 12.8 Å². The molecule has 3 heteroatoms. The smallest absolute Gasteiger partial charge is 0.0902 e. The van der Waals surface area contributed by atoms with Crippen LogP contribution in [0.25, 0.3) is 0 Å². The zero-order chi connectivity index (χ0) is 12.0. The van der Waals surface area contributed by atoms with Crippen molar-refractivity contribution in [2.75, 3.05) is 20.3 Å². The summed E-state index contributed by atoms with van der Waals surface area (Å²) in [4.78, 5) is 0. The average Bonchev–Trinajstić information content (AvgIpc) is 2.70. The normalized spacial score (nSPS) is 24.9. The fraction of sp³-hybridized carbons (Fsp3) is 1.00. The minimum atomic E-state index is -0.673. The molecule has 2 atom stereocenters. The Morgan fingerprint density at radius 3 is 2.75 bits per heavy atom. The first-order valence-electron chi connectivity index (χ1n) is 6.41. The fourth-order valence-corrected chi connectivity index (χ4v) is 2.29. The Bertz CT molecular complexity index is 188.